The number of aliphatic imine (C=N–C) groups is 1. The molecule has 0 radical (unpaired) electrons. The minimum atomic E-state index is -3.37. The number of rotatable bonds is 3. The zero-order valence-electron chi connectivity index (χ0n) is 8.54. The average molecular weight is 237 g/mol. The van der Waals surface area contributed by atoms with Gasteiger partial charge in [-0.05, 0) is 12.1 Å². The molecule has 0 aromatic heterocycles. The molecule has 84 valence electrons. The Kier molecular flexibility index (Phi) is 2.78. The summed E-state index contributed by atoms with van der Waals surface area (Å²) in [5, 5.41) is 0. The summed E-state index contributed by atoms with van der Waals surface area (Å²) in [6.07, 6.45) is 2.65. The highest BCUT2D eigenvalue weighted by molar-refractivity contribution is 7.92. The van der Waals surface area contributed by atoms with E-state index in [0.717, 1.165) is 0 Å². The zero-order chi connectivity index (χ0) is 11.6. The minimum Gasteiger partial charge on any atom is -0.466 e. The quantitative estimate of drug-likeness (QED) is 0.752. The Morgan fingerprint density at radius 2 is 2.19 bits per heavy atom. The summed E-state index contributed by atoms with van der Waals surface area (Å²) < 4.78 is 28.8. The van der Waals surface area contributed by atoms with Gasteiger partial charge in [-0.25, -0.2) is 8.42 Å². The Hall–Kier alpha value is -1.62. The summed E-state index contributed by atoms with van der Waals surface area (Å²) in [5.74, 6) is 0.369. The highest BCUT2D eigenvalue weighted by atomic mass is 32.2. The molecule has 1 unspecified atom stereocenters. The van der Waals surface area contributed by atoms with Crippen molar-refractivity contribution >= 4 is 21.7 Å². The van der Waals surface area contributed by atoms with Crippen LogP contribution in [-0.4, -0.2) is 25.8 Å². The number of ether oxygens (including phenoxy) is 1. The number of nitrogens with zero attached hydrogens (tertiary/aromatic N) is 1. The molecule has 1 aromatic carbocycles. The standard InChI is InChI=1S/C11H11NO3S/c1-2-7-16(13,14)11-8-12-9-5-3-4-6-10(9)15-11/h2-6,8,11H,1,7H2. The molecule has 1 aromatic rings. The second-order valence-electron chi connectivity index (χ2n) is 3.35. The molecule has 5 heteroatoms. The van der Waals surface area contributed by atoms with Crippen molar-refractivity contribution in [1.82, 2.24) is 0 Å². The van der Waals surface area contributed by atoms with Crippen molar-refractivity contribution in [3.8, 4) is 5.75 Å². The molecular formula is C11H11NO3S. The predicted octanol–water partition coefficient (Wildman–Crippen LogP) is 1.71. The fraction of sp³-hybridized carbons (Fsp3) is 0.182. The summed E-state index contributed by atoms with van der Waals surface area (Å²) in [6, 6.07) is 7.05. The SMILES string of the molecule is C=CCS(=O)(=O)C1C=Nc2ccccc2O1. The third kappa shape index (κ3) is 1.99. The topological polar surface area (TPSA) is 55.7 Å². The Bertz CT molecular complexity index is 534. The molecule has 0 bridgehead atoms. The summed E-state index contributed by atoms with van der Waals surface area (Å²) in [6.45, 7) is 3.41. The van der Waals surface area contributed by atoms with Gasteiger partial charge in [0.15, 0.2) is 9.84 Å². The molecule has 1 aliphatic rings. The number of para-hydroxylation sites is 2. The molecule has 0 spiro atoms. The summed E-state index contributed by atoms with van der Waals surface area (Å²) in [5.41, 5.74) is -0.368. The molecule has 0 amide bonds. The second-order valence-corrected chi connectivity index (χ2v) is 5.47. The van der Waals surface area contributed by atoms with Crippen LogP contribution < -0.4 is 4.74 Å². The van der Waals surface area contributed by atoms with E-state index in [0.29, 0.717) is 11.4 Å². The maximum atomic E-state index is 11.7. The first-order valence-corrected chi connectivity index (χ1v) is 6.47. The van der Waals surface area contributed by atoms with E-state index < -0.39 is 15.3 Å². The highest BCUT2D eigenvalue weighted by Crippen LogP contribution is 2.31. The van der Waals surface area contributed by atoms with Crippen molar-refractivity contribution in [3.63, 3.8) is 0 Å². The van der Waals surface area contributed by atoms with Crippen LogP contribution in [-0.2, 0) is 9.84 Å². The Morgan fingerprint density at radius 1 is 1.44 bits per heavy atom. The van der Waals surface area contributed by atoms with Gasteiger partial charge in [0.1, 0.15) is 11.4 Å². The number of hydrogen-bond acceptors (Lipinski definition) is 4. The third-order valence-corrected chi connectivity index (χ3v) is 3.77. The van der Waals surface area contributed by atoms with Crippen LogP contribution in [0, 0.1) is 0 Å². The molecular weight excluding hydrogens is 226 g/mol. The van der Waals surface area contributed by atoms with Crippen molar-refractivity contribution in [1.29, 1.82) is 0 Å². The molecule has 0 N–H and O–H groups in total. The number of fused-ring (bicyclic) bond motifs is 1. The molecule has 16 heavy (non-hydrogen) atoms. The third-order valence-electron chi connectivity index (χ3n) is 2.15. The van der Waals surface area contributed by atoms with Crippen LogP contribution in [0.1, 0.15) is 0 Å². The van der Waals surface area contributed by atoms with E-state index in [2.05, 4.69) is 11.6 Å². The first-order valence-electron chi connectivity index (χ1n) is 4.76. The van der Waals surface area contributed by atoms with E-state index in [4.69, 9.17) is 4.74 Å². The van der Waals surface area contributed by atoms with Crippen molar-refractivity contribution in [2.75, 3.05) is 5.75 Å². The maximum Gasteiger partial charge on any atom is 0.234 e. The van der Waals surface area contributed by atoms with Gasteiger partial charge in [-0.1, -0.05) is 18.2 Å². The van der Waals surface area contributed by atoms with Crippen LogP contribution in [0.2, 0.25) is 0 Å². The van der Waals surface area contributed by atoms with Gasteiger partial charge in [-0.3, -0.25) is 4.99 Å². The first-order chi connectivity index (χ1) is 7.63. The molecule has 0 aliphatic carbocycles. The molecule has 1 heterocycles. The maximum absolute atomic E-state index is 11.7. The molecule has 2 rings (SSSR count). The number of benzene rings is 1. The van der Waals surface area contributed by atoms with E-state index in [1.165, 1.54) is 12.3 Å². The smallest absolute Gasteiger partial charge is 0.234 e. The largest absolute Gasteiger partial charge is 0.466 e. The van der Waals surface area contributed by atoms with Gasteiger partial charge in [0.25, 0.3) is 0 Å². The first kappa shape index (κ1) is 10.9. The summed E-state index contributed by atoms with van der Waals surface area (Å²) in [7, 11) is -3.37. The molecule has 4 nitrogen and oxygen atoms in total. The predicted molar refractivity (Wildman–Crippen MR) is 63.0 cm³/mol. The van der Waals surface area contributed by atoms with Crippen molar-refractivity contribution in [3.05, 3.63) is 36.9 Å². The lowest BCUT2D eigenvalue weighted by atomic mass is 10.3. The fourth-order valence-corrected chi connectivity index (χ4v) is 2.40. The molecule has 0 saturated heterocycles. The van der Waals surface area contributed by atoms with Gasteiger partial charge in [0.05, 0.1) is 12.0 Å². The Balaban J connectivity index is 2.30. The lowest BCUT2D eigenvalue weighted by molar-refractivity contribution is 0.332. The Morgan fingerprint density at radius 3 is 2.94 bits per heavy atom. The van der Waals surface area contributed by atoms with Crippen molar-refractivity contribution in [2.24, 2.45) is 4.99 Å². The van der Waals surface area contributed by atoms with Gasteiger partial charge < -0.3 is 4.74 Å². The van der Waals surface area contributed by atoms with E-state index in [1.54, 1.807) is 18.2 Å². The van der Waals surface area contributed by atoms with Crippen molar-refractivity contribution < 1.29 is 13.2 Å². The van der Waals surface area contributed by atoms with E-state index in [-0.39, 0.29) is 5.75 Å². The van der Waals surface area contributed by atoms with Crippen LogP contribution >= 0.6 is 0 Å². The molecule has 1 atom stereocenters. The van der Waals surface area contributed by atoms with Crippen LogP contribution in [0.25, 0.3) is 0 Å². The van der Waals surface area contributed by atoms with Crippen LogP contribution in [0.5, 0.6) is 5.75 Å². The van der Waals surface area contributed by atoms with Gasteiger partial charge in [0, 0.05) is 0 Å². The fourth-order valence-electron chi connectivity index (χ4n) is 1.39. The Labute approximate surface area is 94.2 Å². The number of hydrogen-bond donors (Lipinski definition) is 0. The lowest BCUT2D eigenvalue weighted by Crippen LogP contribution is -2.32. The van der Waals surface area contributed by atoms with Crippen LogP contribution in [0.4, 0.5) is 5.69 Å². The normalized spacial score (nSPS) is 18.6. The van der Waals surface area contributed by atoms with Crippen molar-refractivity contribution in [2.45, 2.75) is 5.44 Å². The second kappa shape index (κ2) is 4.09. The minimum absolute atomic E-state index is 0.119. The van der Waals surface area contributed by atoms with E-state index in [9.17, 15) is 8.42 Å². The van der Waals surface area contributed by atoms with Gasteiger partial charge in [-0.15, -0.1) is 6.58 Å². The molecule has 0 saturated carbocycles. The monoisotopic (exact) mass is 237 g/mol. The van der Waals surface area contributed by atoms with Gasteiger partial charge in [0.2, 0.25) is 5.44 Å². The zero-order valence-corrected chi connectivity index (χ0v) is 9.35. The summed E-state index contributed by atoms with van der Waals surface area (Å²) >= 11 is 0. The molecule has 0 fully saturated rings. The molecule has 1 aliphatic heterocycles. The van der Waals surface area contributed by atoms with Crippen LogP contribution in [0.3, 0.4) is 0 Å². The van der Waals surface area contributed by atoms with Crippen LogP contribution in [0.15, 0.2) is 41.9 Å². The highest BCUT2D eigenvalue weighted by Gasteiger charge is 2.27. The average Bonchev–Trinajstić information content (AvgIpc) is 2.28. The van der Waals surface area contributed by atoms with E-state index >= 15 is 0 Å². The van der Waals surface area contributed by atoms with E-state index in [1.807, 2.05) is 6.07 Å². The number of sulfone groups is 1. The van der Waals surface area contributed by atoms with Gasteiger partial charge >= 0.3 is 0 Å². The summed E-state index contributed by atoms with van der Waals surface area (Å²) in [4.78, 5) is 4.06. The van der Waals surface area contributed by atoms with Gasteiger partial charge in [-0.2, -0.15) is 0 Å². The lowest BCUT2D eigenvalue weighted by Gasteiger charge is -2.19.